The van der Waals surface area contributed by atoms with Crippen molar-refractivity contribution in [3.63, 3.8) is 0 Å². The molecule has 0 bridgehead atoms. The van der Waals surface area contributed by atoms with Crippen molar-refractivity contribution < 1.29 is 14.3 Å². The number of carbonyl (C=O) groups is 2. The van der Waals surface area contributed by atoms with E-state index in [-0.39, 0.29) is 18.2 Å². The molecule has 2 N–H and O–H groups in total. The lowest BCUT2D eigenvalue weighted by atomic mass is 10.4. The van der Waals surface area contributed by atoms with Crippen molar-refractivity contribution in [3.05, 3.63) is 0 Å². The Labute approximate surface area is 65.1 Å². The van der Waals surface area contributed by atoms with Crippen LogP contribution in [0.1, 0.15) is 13.3 Å². The highest BCUT2D eigenvalue weighted by molar-refractivity contribution is 5.80. The minimum atomic E-state index is -0.296. The van der Waals surface area contributed by atoms with E-state index in [9.17, 15) is 9.59 Å². The van der Waals surface area contributed by atoms with Gasteiger partial charge in [-0.05, 0) is 0 Å². The lowest BCUT2D eigenvalue weighted by Crippen LogP contribution is -2.40. The van der Waals surface area contributed by atoms with Crippen molar-refractivity contribution in [2.45, 2.75) is 13.3 Å². The van der Waals surface area contributed by atoms with E-state index in [1.165, 1.54) is 14.0 Å². The van der Waals surface area contributed by atoms with Gasteiger partial charge in [0.15, 0.2) is 0 Å². The van der Waals surface area contributed by atoms with Crippen molar-refractivity contribution in [1.29, 1.82) is 0 Å². The minimum Gasteiger partial charge on any atom is -0.384 e. The first kappa shape index (κ1) is 9.90. The van der Waals surface area contributed by atoms with Gasteiger partial charge in [-0.2, -0.15) is 0 Å². The van der Waals surface area contributed by atoms with Crippen molar-refractivity contribution >= 4 is 11.8 Å². The van der Waals surface area contributed by atoms with Crippen LogP contribution in [-0.2, 0) is 14.3 Å². The van der Waals surface area contributed by atoms with Gasteiger partial charge in [0.25, 0.3) is 0 Å². The normalized spacial score (nSPS) is 8.91. The molecule has 11 heavy (non-hydrogen) atoms. The smallest absolute Gasteiger partial charge is 0.240 e. The van der Waals surface area contributed by atoms with Crippen molar-refractivity contribution in [2.24, 2.45) is 0 Å². The van der Waals surface area contributed by atoms with Crippen LogP contribution in [-0.4, -0.2) is 25.5 Å². The molecule has 2 amide bonds. The quantitative estimate of drug-likeness (QED) is 0.530. The second-order valence-electron chi connectivity index (χ2n) is 1.97. The number of amides is 2. The number of nitrogens with one attached hydrogen (secondary N) is 2. The zero-order valence-corrected chi connectivity index (χ0v) is 6.64. The topological polar surface area (TPSA) is 67.4 Å². The van der Waals surface area contributed by atoms with Gasteiger partial charge < -0.3 is 4.74 Å². The van der Waals surface area contributed by atoms with Crippen LogP contribution in [0.25, 0.3) is 0 Å². The Kier molecular flexibility index (Phi) is 5.10. The Morgan fingerprint density at radius 3 is 2.45 bits per heavy atom. The van der Waals surface area contributed by atoms with Gasteiger partial charge in [0, 0.05) is 14.0 Å². The molecule has 0 heterocycles. The number of hydrazine groups is 1. The maximum Gasteiger partial charge on any atom is 0.240 e. The zero-order valence-electron chi connectivity index (χ0n) is 6.64. The molecule has 0 atom stereocenters. The molecule has 5 heteroatoms. The third kappa shape index (κ3) is 6.79. The van der Waals surface area contributed by atoms with Gasteiger partial charge in [-0.25, -0.2) is 0 Å². The predicted molar refractivity (Wildman–Crippen MR) is 38.5 cm³/mol. The molecule has 0 aliphatic rings. The Hall–Kier alpha value is -1.10. The second-order valence-corrected chi connectivity index (χ2v) is 1.97. The molecule has 0 saturated heterocycles. The summed E-state index contributed by atoms with van der Waals surface area (Å²) in [6, 6.07) is 0. The van der Waals surface area contributed by atoms with Crippen LogP contribution in [0.2, 0.25) is 0 Å². The molecular weight excluding hydrogens is 148 g/mol. The number of rotatable bonds is 3. The van der Waals surface area contributed by atoms with Crippen molar-refractivity contribution in [2.75, 3.05) is 13.7 Å². The molecule has 0 aromatic rings. The van der Waals surface area contributed by atoms with Crippen LogP contribution in [0.15, 0.2) is 0 Å². The van der Waals surface area contributed by atoms with Gasteiger partial charge in [-0.3, -0.25) is 20.4 Å². The Morgan fingerprint density at radius 2 is 2.00 bits per heavy atom. The fourth-order valence-electron chi connectivity index (χ4n) is 0.415. The molecule has 0 unspecified atom stereocenters. The largest absolute Gasteiger partial charge is 0.384 e. The van der Waals surface area contributed by atoms with E-state index < -0.39 is 0 Å². The molecular formula is C6H12N2O3. The molecule has 0 aromatic heterocycles. The van der Waals surface area contributed by atoms with E-state index in [1.54, 1.807) is 0 Å². The maximum absolute atomic E-state index is 10.7. The summed E-state index contributed by atoms with van der Waals surface area (Å²) < 4.78 is 4.65. The summed E-state index contributed by atoms with van der Waals surface area (Å²) >= 11 is 0. The highest BCUT2D eigenvalue weighted by Crippen LogP contribution is 1.77. The molecule has 0 rings (SSSR count). The Bertz CT molecular complexity index is 147. The van der Waals surface area contributed by atoms with Gasteiger partial charge in [0.05, 0.1) is 13.0 Å². The van der Waals surface area contributed by atoms with E-state index in [0.29, 0.717) is 6.61 Å². The molecule has 0 saturated carbocycles. The number of ether oxygens (including phenoxy) is 1. The van der Waals surface area contributed by atoms with Gasteiger partial charge in [0.2, 0.25) is 11.8 Å². The van der Waals surface area contributed by atoms with Crippen LogP contribution >= 0.6 is 0 Å². The lowest BCUT2D eigenvalue weighted by molar-refractivity contribution is -0.128. The van der Waals surface area contributed by atoms with Crippen molar-refractivity contribution in [3.8, 4) is 0 Å². The molecule has 0 fully saturated rings. The van der Waals surface area contributed by atoms with Crippen LogP contribution in [0.5, 0.6) is 0 Å². The Balaban J connectivity index is 3.30. The van der Waals surface area contributed by atoms with E-state index in [1.807, 2.05) is 0 Å². The van der Waals surface area contributed by atoms with E-state index in [4.69, 9.17) is 0 Å². The van der Waals surface area contributed by atoms with Gasteiger partial charge >= 0.3 is 0 Å². The van der Waals surface area contributed by atoms with Crippen LogP contribution in [0.4, 0.5) is 0 Å². The van der Waals surface area contributed by atoms with Crippen LogP contribution in [0, 0.1) is 0 Å². The fourth-order valence-corrected chi connectivity index (χ4v) is 0.415. The predicted octanol–water partition coefficient (Wildman–Crippen LogP) is -0.810. The number of hydrogen-bond donors (Lipinski definition) is 2. The van der Waals surface area contributed by atoms with E-state index in [0.717, 1.165) is 0 Å². The number of carbonyl (C=O) groups excluding carboxylic acids is 2. The first-order valence-electron chi connectivity index (χ1n) is 3.21. The SMILES string of the molecule is COCCC(=O)NNC(C)=O. The average Bonchev–Trinajstić information content (AvgIpc) is 1.97. The van der Waals surface area contributed by atoms with E-state index >= 15 is 0 Å². The second kappa shape index (κ2) is 5.67. The fraction of sp³-hybridized carbons (Fsp3) is 0.667. The summed E-state index contributed by atoms with van der Waals surface area (Å²) in [4.78, 5) is 21.0. The molecule has 0 aliphatic heterocycles. The zero-order chi connectivity index (χ0) is 8.69. The highest BCUT2D eigenvalue weighted by Gasteiger charge is 1.99. The minimum absolute atomic E-state index is 0.247. The van der Waals surface area contributed by atoms with Crippen LogP contribution in [0.3, 0.4) is 0 Å². The maximum atomic E-state index is 10.7. The lowest BCUT2D eigenvalue weighted by Gasteiger charge is -2.03. The summed E-state index contributed by atoms with van der Waals surface area (Å²) in [6.45, 7) is 1.67. The summed E-state index contributed by atoms with van der Waals surface area (Å²) in [6.07, 6.45) is 0.247. The standard InChI is InChI=1S/C6H12N2O3/c1-5(9)7-8-6(10)3-4-11-2/h3-4H2,1-2H3,(H,7,9)(H,8,10). The van der Waals surface area contributed by atoms with E-state index in [2.05, 4.69) is 15.6 Å². The monoisotopic (exact) mass is 160 g/mol. The third-order valence-electron chi connectivity index (χ3n) is 0.911. The summed E-state index contributed by atoms with van der Waals surface area (Å²) in [5.41, 5.74) is 4.36. The highest BCUT2D eigenvalue weighted by atomic mass is 16.5. The summed E-state index contributed by atoms with van der Waals surface area (Å²) in [5.74, 6) is -0.558. The number of methoxy groups -OCH3 is 1. The van der Waals surface area contributed by atoms with Gasteiger partial charge in [-0.15, -0.1) is 0 Å². The summed E-state index contributed by atoms with van der Waals surface area (Å²) in [5, 5.41) is 0. The van der Waals surface area contributed by atoms with Gasteiger partial charge in [0.1, 0.15) is 0 Å². The molecule has 0 aliphatic carbocycles. The molecule has 0 radical (unpaired) electrons. The van der Waals surface area contributed by atoms with Gasteiger partial charge in [-0.1, -0.05) is 0 Å². The molecule has 64 valence electrons. The Morgan fingerprint density at radius 1 is 1.36 bits per heavy atom. The summed E-state index contributed by atoms with van der Waals surface area (Å²) in [7, 11) is 1.51. The molecule has 0 aromatic carbocycles. The number of hydrogen-bond acceptors (Lipinski definition) is 3. The molecule has 0 spiro atoms. The average molecular weight is 160 g/mol. The van der Waals surface area contributed by atoms with Crippen molar-refractivity contribution in [1.82, 2.24) is 10.9 Å². The first-order valence-corrected chi connectivity index (χ1v) is 3.21. The first-order chi connectivity index (χ1) is 5.16. The third-order valence-corrected chi connectivity index (χ3v) is 0.911. The molecule has 5 nitrogen and oxygen atoms in total. The van der Waals surface area contributed by atoms with Crippen LogP contribution < -0.4 is 10.9 Å².